The molecule has 6 aliphatic carbocycles. The van der Waals surface area contributed by atoms with Gasteiger partial charge < -0.3 is 0 Å². The number of rotatable bonds is 4. The first-order valence-corrected chi connectivity index (χ1v) is 27.3. The predicted molar refractivity (Wildman–Crippen MR) is 304 cm³/mol. The largest absolute Gasteiger partial charge is 0.245 e. The summed E-state index contributed by atoms with van der Waals surface area (Å²) in [7, 11) is 0. The molecular formula is C71H48N4. The summed E-state index contributed by atoms with van der Waals surface area (Å²) in [5.74, 6) is 2.10. The Morgan fingerprint density at radius 2 is 0.707 bits per heavy atom. The van der Waals surface area contributed by atoms with Crippen LogP contribution >= 0.6 is 0 Å². The maximum absolute atomic E-state index is 5.88. The van der Waals surface area contributed by atoms with E-state index in [1.165, 1.54) is 127 Å². The van der Waals surface area contributed by atoms with Gasteiger partial charge in [0.25, 0.3) is 0 Å². The average molecular weight is 957 g/mol. The van der Waals surface area contributed by atoms with Crippen molar-refractivity contribution in [3.8, 4) is 67.3 Å². The number of hydrogen-bond donors (Lipinski definition) is 0. The van der Waals surface area contributed by atoms with E-state index in [-0.39, 0.29) is 0 Å². The first-order chi connectivity index (χ1) is 37.2. The molecule has 352 valence electrons. The van der Waals surface area contributed by atoms with Crippen LogP contribution in [0.5, 0.6) is 0 Å². The molecule has 0 saturated heterocycles. The molecule has 12 aromatic rings. The molecule has 75 heavy (non-hydrogen) atoms. The van der Waals surface area contributed by atoms with Crippen LogP contribution in [0.2, 0.25) is 0 Å². The van der Waals surface area contributed by atoms with Crippen LogP contribution in [-0.2, 0) is 5.41 Å². The Balaban J connectivity index is 0.883. The summed E-state index contributed by atoms with van der Waals surface area (Å²) in [6.07, 6.45) is 7.33. The van der Waals surface area contributed by atoms with Crippen molar-refractivity contribution in [2.45, 2.75) is 67.6 Å². The van der Waals surface area contributed by atoms with Gasteiger partial charge >= 0.3 is 0 Å². The Morgan fingerprint density at radius 1 is 0.307 bits per heavy atom. The van der Waals surface area contributed by atoms with Gasteiger partial charge in [-0.3, -0.25) is 0 Å². The molecule has 0 radical (unpaired) electrons. The Bertz CT molecular complexity index is 4230. The van der Waals surface area contributed by atoms with Crippen LogP contribution in [0.1, 0.15) is 107 Å². The molecule has 0 N–H and O–H groups in total. The molecule has 4 heterocycles. The zero-order valence-corrected chi connectivity index (χ0v) is 41.3. The Kier molecular flexibility index (Phi) is 8.05. The van der Waals surface area contributed by atoms with Crippen LogP contribution in [0.4, 0.5) is 0 Å². The summed E-state index contributed by atoms with van der Waals surface area (Å²) in [6, 6.07) is 72.5. The summed E-state index contributed by atoms with van der Waals surface area (Å²) >= 11 is 0. The molecule has 4 atom stereocenters. The van der Waals surface area contributed by atoms with Gasteiger partial charge in [-0.2, -0.15) is 0 Å². The molecule has 4 bridgehead atoms. The fourth-order valence-electron chi connectivity index (χ4n) is 16.0. The van der Waals surface area contributed by atoms with E-state index in [9.17, 15) is 0 Å². The summed E-state index contributed by atoms with van der Waals surface area (Å²) in [6.45, 7) is 0. The van der Waals surface area contributed by atoms with E-state index in [2.05, 4.69) is 194 Å². The Labute approximate surface area is 434 Å². The van der Waals surface area contributed by atoms with Crippen LogP contribution in [0.25, 0.3) is 111 Å². The molecule has 0 aliphatic heterocycles. The molecule has 4 heteroatoms. The number of hydrogen-bond acceptors (Lipinski definition) is 4. The third-order valence-electron chi connectivity index (χ3n) is 19.1. The van der Waals surface area contributed by atoms with E-state index < -0.39 is 5.41 Å². The predicted octanol–water partition coefficient (Wildman–Crippen LogP) is 17.6. The van der Waals surface area contributed by atoms with Crippen molar-refractivity contribution in [1.82, 2.24) is 19.9 Å². The first-order valence-electron chi connectivity index (χ1n) is 27.3. The van der Waals surface area contributed by atoms with Gasteiger partial charge in [0.15, 0.2) is 0 Å². The molecule has 6 aliphatic rings. The molecule has 4 unspecified atom stereocenters. The second kappa shape index (κ2) is 14.8. The van der Waals surface area contributed by atoms with E-state index >= 15 is 0 Å². The van der Waals surface area contributed by atoms with Gasteiger partial charge in [-0.05, 0) is 153 Å². The zero-order chi connectivity index (χ0) is 48.7. The fraction of sp³-hybridized carbons (Fsp3) is 0.155. The molecule has 0 amide bonds. The number of aromatic nitrogens is 4. The lowest BCUT2D eigenvalue weighted by Gasteiger charge is -2.31. The van der Waals surface area contributed by atoms with Crippen LogP contribution in [-0.4, -0.2) is 19.9 Å². The molecule has 2 fully saturated rings. The van der Waals surface area contributed by atoms with E-state index in [4.69, 9.17) is 19.9 Å². The molecular weight excluding hydrogens is 909 g/mol. The van der Waals surface area contributed by atoms with E-state index in [1.807, 2.05) is 0 Å². The van der Waals surface area contributed by atoms with Crippen LogP contribution in [0.15, 0.2) is 194 Å². The van der Waals surface area contributed by atoms with Crippen LogP contribution in [0.3, 0.4) is 0 Å². The van der Waals surface area contributed by atoms with E-state index in [0.29, 0.717) is 23.7 Å². The fourth-order valence-corrected chi connectivity index (χ4v) is 16.0. The standard InChI is InChI=1S/C71H48N4/c1-3-11-39(12-4-1)59-33-27-41-23-31-53-61-43-19-21-45(35-43)63(61)65(74-69(53)67(41)72-59)47-25-29-51-52-30-26-48(38-58(52)71(57(51)37-47)55-17-9-7-15-49(55)50-16-8-10-18-56(50)71)66-64-46-22-20-44(36-46)62(64)54-32-24-42-28-34-60(40-13-5-2-6-14-40)73-68(42)70(54)75-66/h1-18,23-34,37-38,43-46H,19-22,35-36H2. The number of benzene rings is 8. The minimum absolute atomic E-state index is 0.509. The lowest BCUT2D eigenvalue weighted by atomic mass is 9.70. The van der Waals surface area contributed by atoms with E-state index in [0.717, 1.165) is 66.7 Å². The number of fused-ring (bicyclic) bond motifs is 28. The van der Waals surface area contributed by atoms with Crippen molar-refractivity contribution in [2.75, 3.05) is 0 Å². The molecule has 4 aromatic heterocycles. The molecule has 18 rings (SSSR count). The maximum Gasteiger partial charge on any atom is 0.0975 e. The first kappa shape index (κ1) is 40.8. The summed E-state index contributed by atoms with van der Waals surface area (Å²) in [5, 5.41) is 4.82. The van der Waals surface area contributed by atoms with Gasteiger partial charge in [-0.15, -0.1) is 0 Å². The maximum atomic E-state index is 5.88. The second-order valence-electron chi connectivity index (χ2n) is 22.5. The Morgan fingerprint density at radius 3 is 1.17 bits per heavy atom. The quantitative estimate of drug-likeness (QED) is 0.165. The lowest BCUT2D eigenvalue weighted by molar-refractivity contribution is 0.720. The minimum Gasteiger partial charge on any atom is -0.245 e. The topological polar surface area (TPSA) is 51.6 Å². The minimum atomic E-state index is -0.556. The normalized spacial score (nSPS) is 19.5. The third-order valence-corrected chi connectivity index (χ3v) is 19.1. The van der Waals surface area contributed by atoms with Gasteiger partial charge in [0, 0.05) is 43.8 Å². The van der Waals surface area contributed by atoms with Crippen molar-refractivity contribution in [3.63, 3.8) is 0 Å². The highest BCUT2D eigenvalue weighted by Crippen LogP contribution is 2.65. The third kappa shape index (κ3) is 5.36. The number of pyridine rings is 4. The molecule has 2 saturated carbocycles. The van der Waals surface area contributed by atoms with E-state index in [1.54, 1.807) is 0 Å². The zero-order valence-electron chi connectivity index (χ0n) is 41.3. The van der Waals surface area contributed by atoms with Crippen LogP contribution in [0, 0.1) is 0 Å². The Hall–Kier alpha value is -8.60. The van der Waals surface area contributed by atoms with Crippen molar-refractivity contribution >= 4 is 43.6 Å². The van der Waals surface area contributed by atoms with Gasteiger partial charge in [-0.25, -0.2) is 19.9 Å². The lowest BCUT2D eigenvalue weighted by Crippen LogP contribution is -2.26. The van der Waals surface area contributed by atoms with Crippen molar-refractivity contribution < 1.29 is 0 Å². The molecule has 8 aromatic carbocycles. The molecule has 4 nitrogen and oxygen atoms in total. The molecule has 1 spiro atoms. The van der Waals surface area contributed by atoms with Gasteiger partial charge in [0.2, 0.25) is 0 Å². The highest BCUT2D eigenvalue weighted by Gasteiger charge is 2.52. The summed E-state index contributed by atoms with van der Waals surface area (Å²) in [5.41, 5.74) is 28.9. The summed E-state index contributed by atoms with van der Waals surface area (Å²) < 4.78 is 0. The van der Waals surface area contributed by atoms with Crippen molar-refractivity contribution in [3.05, 3.63) is 239 Å². The highest BCUT2D eigenvalue weighted by atomic mass is 14.8. The SMILES string of the molecule is c1ccc(-c2ccc3ccc4c5c(c(-c6ccc7c(c6)C6(c8ccccc8-c8ccccc86)c6cc(-c8nc9c(ccc%10ccc(-c%11ccccc%11)nc%109)c9c8C8CCC9C8)ccc6-7)nc4c3n2)C2CCC5C2)cc1. The van der Waals surface area contributed by atoms with Crippen LogP contribution < -0.4 is 0 Å². The van der Waals surface area contributed by atoms with Gasteiger partial charge in [0.1, 0.15) is 0 Å². The van der Waals surface area contributed by atoms with Gasteiger partial charge in [0.05, 0.1) is 50.3 Å². The number of nitrogens with zero attached hydrogens (tertiary/aromatic N) is 4. The second-order valence-corrected chi connectivity index (χ2v) is 22.5. The van der Waals surface area contributed by atoms with Crippen molar-refractivity contribution in [2.24, 2.45) is 0 Å². The monoisotopic (exact) mass is 956 g/mol. The summed E-state index contributed by atoms with van der Waals surface area (Å²) in [4.78, 5) is 22.6. The highest BCUT2D eigenvalue weighted by molar-refractivity contribution is 6.08. The van der Waals surface area contributed by atoms with Crippen molar-refractivity contribution in [1.29, 1.82) is 0 Å². The average Bonchev–Trinajstić information content (AvgIpc) is 4.40. The smallest absolute Gasteiger partial charge is 0.0975 e. The van der Waals surface area contributed by atoms with Gasteiger partial charge in [-0.1, -0.05) is 170 Å².